The van der Waals surface area contributed by atoms with Gasteiger partial charge in [-0.1, -0.05) is 0 Å². The van der Waals surface area contributed by atoms with Crippen LogP contribution in [0.3, 0.4) is 0 Å². The molecule has 0 saturated carbocycles. The lowest BCUT2D eigenvalue weighted by Gasteiger charge is -2.35. The Bertz CT molecular complexity index is 642. The highest BCUT2D eigenvalue weighted by molar-refractivity contribution is 7.86. The summed E-state index contributed by atoms with van der Waals surface area (Å²) in [7, 11) is -0.306. The predicted molar refractivity (Wildman–Crippen MR) is 73.9 cm³/mol. The van der Waals surface area contributed by atoms with Gasteiger partial charge in [0.2, 0.25) is 6.79 Å². The molecule has 6 nitrogen and oxygen atoms in total. The van der Waals surface area contributed by atoms with Gasteiger partial charge >= 0.3 is 0 Å². The smallest absolute Gasteiger partial charge is 0.282 e. The fraction of sp³-hybridized carbons (Fsp3) is 0.538. The van der Waals surface area contributed by atoms with Gasteiger partial charge in [0.05, 0.1) is 0 Å². The van der Waals surface area contributed by atoms with Gasteiger partial charge in [0.25, 0.3) is 10.2 Å². The SMILES string of the molecule is CC1Cc2cc3c(cc2CN1S(=O)(=O)N(C)C)OCO3. The molecule has 110 valence electrons. The van der Waals surface area contributed by atoms with Crippen molar-refractivity contribution < 1.29 is 17.9 Å². The van der Waals surface area contributed by atoms with E-state index in [-0.39, 0.29) is 12.8 Å². The minimum absolute atomic E-state index is 0.0738. The fourth-order valence-corrected chi connectivity index (χ4v) is 3.88. The van der Waals surface area contributed by atoms with Crippen molar-refractivity contribution in [2.24, 2.45) is 0 Å². The van der Waals surface area contributed by atoms with E-state index in [4.69, 9.17) is 9.47 Å². The Morgan fingerprint density at radius 2 is 1.80 bits per heavy atom. The average molecular weight is 298 g/mol. The maximum absolute atomic E-state index is 12.3. The summed E-state index contributed by atoms with van der Waals surface area (Å²) >= 11 is 0. The van der Waals surface area contributed by atoms with Gasteiger partial charge in [-0.25, -0.2) is 0 Å². The molecule has 1 atom stereocenters. The summed E-state index contributed by atoms with van der Waals surface area (Å²) in [5, 5.41) is 0. The molecule has 0 aliphatic carbocycles. The molecule has 0 radical (unpaired) electrons. The highest BCUT2D eigenvalue weighted by Gasteiger charge is 2.34. The molecule has 2 heterocycles. The van der Waals surface area contributed by atoms with E-state index < -0.39 is 10.2 Å². The van der Waals surface area contributed by atoms with Crippen LogP contribution >= 0.6 is 0 Å². The first-order valence-corrected chi connectivity index (χ1v) is 7.90. The molecule has 0 fully saturated rings. The molecular weight excluding hydrogens is 280 g/mol. The standard InChI is InChI=1S/C13H18N2O4S/c1-9-4-10-5-12-13(19-8-18-12)6-11(10)7-15(9)20(16,17)14(2)3/h5-6,9H,4,7-8H2,1-3H3. The third-order valence-corrected chi connectivity index (χ3v) is 5.79. The van der Waals surface area contributed by atoms with Crippen LogP contribution in [0.15, 0.2) is 12.1 Å². The van der Waals surface area contributed by atoms with Gasteiger partial charge in [0, 0.05) is 26.7 Å². The molecule has 7 heteroatoms. The lowest BCUT2D eigenvalue weighted by molar-refractivity contribution is 0.174. The van der Waals surface area contributed by atoms with Gasteiger partial charge in [-0.05, 0) is 36.6 Å². The Morgan fingerprint density at radius 3 is 2.40 bits per heavy atom. The maximum Gasteiger partial charge on any atom is 0.282 e. The van der Waals surface area contributed by atoms with E-state index in [0.717, 1.165) is 16.9 Å². The van der Waals surface area contributed by atoms with Crippen molar-refractivity contribution in [3.63, 3.8) is 0 Å². The minimum atomic E-state index is -3.41. The van der Waals surface area contributed by atoms with Crippen LogP contribution in [0.4, 0.5) is 0 Å². The van der Waals surface area contributed by atoms with Crippen molar-refractivity contribution >= 4 is 10.2 Å². The van der Waals surface area contributed by atoms with E-state index in [9.17, 15) is 8.42 Å². The summed E-state index contributed by atoms with van der Waals surface area (Å²) in [6.45, 7) is 2.52. The quantitative estimate of drug-likeness (QED) is 0.816. The van der Waals surface area contributed by atoms with E-state index in [1.54, 1.807) is 14.1 Å². The monoisotopic (exact) mass is 298 g/mol. The third-order valence-electron chi connectivity index (χ3n) is 3.79. The summed E-state index contributed by atoms with van der Waals surface area (Å²) in [5.74, 6) is 1.44. The second-order valence-electron chi connectivity index (χ2n) is 5.36. The fourth-order valence-electron chi connectivity index (χ4n) is 2.63. The number of nitrogens with zero attached hydrogens (tertiary/aromatic N) is 2. The van der Waals surface area contributed by atoms with Crippen LogP contribution in [-0.2, 0) is 23.2 Å². The Balaban J connectivity index is 1.98. The molecule has 0 saturated heterocycles. The van der Waals surface area contributed by atoms with E-state index in [1.165, 1.54) is 8.61 Å². The van der Waals surface area contributed by atoms with Crippen molar-refractivity contribution in [1.82, 2.24) is 8.61 Å². The van der Waals surface area contributed by atoms with Crippen molar-refractivity contribution in [1.29, 1.82) is 0 Å². The molecule has 1 unspecified atom stereocenters. The number of hydrogen-bond acceptors (Lipinski definition) is 4. The zero-order valence-electron chi connectivity index (χ0n) is 11.8. The normalized spacial score (nSPS) is 22.1. The van der Waals surface area contributed by atoms with Crippen LogP contribution in [0.2, 0.25) is 0 Å². The lowest BCUT2D eigenvalue weighted by Crippen LogP contribution is -2.47. The van der Waals surface area contributed by atoms with Gasteiger partial charge in [-0.2, -0.15) is 17.0 Å². The summed E-state index contributed by atoms with van der Waals surface area (Å²) in [5.41, 5.74) is 2.12. The Kier molecular flexibility index (Phi) is 3.15. The third kappa shape index (κ3) is 2.06. The molecule has 1 aromatic carbocycles. The van der Waals surface area contributed by atoms with Crippen LogP contribution in [0.1, 0.15) is 18.1 Å². The first-order chi connectivity index (χ1) is 9.39. The summed E-state index contributed by atoms with van der Waals surface area (Å²) in [6.07, 6.45) is 0.680. The van der Waals surface area contributed by atoms with Gasteiger partial charge in [0.15, 0.2) is 11.5 Å². The van der Waals surface area contributed by atoms with E-state index in [2.05, 4.69) is 0 Å². The lowest BCUT2D eigenvalue weighted by atomic mass is 9.96. The van der Waals surface area contributed by atoms with Gasteiger partial charge in [-0.3, -0.25) is 0 Å². The highest BCUT2D eigenvalue weighted by Crippen LogP contribution is 2.38. The van der Waals surface area contributed by atoms with Gasteiger partial charge < -0.3 is 9.47 Å². The number of hydrogen-bond donors (Lipinski definition) is 0. The molecule has 2 aliphatic rings. The van der Waals surface area contributed by atoms with Crippen molar-refractivity contribution in [2.75, 3.05) is 20.9 Å². The molecule has 0 aromatic heterocycles. The first-order valence-electron chi connectivity index (χ1n) is 6.50. The molecule has 0 spiro atoms. The molecule has 0 bridgehead atoms. The van der Waals surface area contributed by atoms with Crippen molar-refractivity contribution in [3.8, 4) is 11.5 Å². The van der Waals surface area contributed by atoms with Crippen molar-refractivity contribution in [2.45, 2.75) is 25.9 Å². The van der Waals surface area contributed by atoms with E-state index in [0.29, 0.717) is 18.7 Å². The van der Waals surface area contributed by atoms with Crippen LogP contribution in [0.25, 0.3) is 0 Å². The number of fused-ring (bicyclic) bond motifs is 2. The minimum Gasteiger partial charge on any atom is -0.454 e. The Hall–Kier alpha value is -1.31. The van der Waals surface area contributed by atoms with Crippen LogP contribution in [0, 0.1) is 0 Å². The molecule has 0 amide bonds. The first kappa shape index (κ1) is 13.7. The maximum atomic E-state index is 12.3. The summed E-state index contributed by atoms with van der Waals surface area (Å²) in [6, 6.07) is 3.78. The second-order valence-corrected chi connectivity index (χ2v) is 7.46. The Labute approximate surface area is 119 Å². The number of rotatable bonds is 2. The highest BCUT2D eigenvalue weighted by atomic mass is 32.2. The largest absolute Gasteiger partial charge is 0.454 e. The predicted octanol–water partition coefficient (Wildman–Crippen LogP) is 0.968. The second kappa shape index (κ2) is 4.61. The number of ether oxygens (including phenoxy) is 2. The summed E-state index contributed by atoms with van der Waals surface area (Å²) < 4.78 is 38.2. The van der Waals surface area contributed by atoms with E-state index in [1.807, 2.05) is 19.1 Å². The van der Waals surface area contributed by atoms with Crippen molar-refractivity contribution in [3.05, 3.63) is 23.3 Å². The zero-order valence-corrected chi connectivity index (χ0v) is 12.6. The molecule has 2 aliphatic heterocycles. The average Bonchev–Trinajstić information content (AvgIpc) is 2.81. The number of benzene rings is 1. The molecule has 20 heavy (non-hydrogen) atoms. The molecule has 0 N–H and O–H groups in total. The van der Waals surface area contributed by atoms with Crippen LogP contribution in [-0.4, -0.2) is 44.0 Å². The van der Waals surface area contributed by atoms with Gasteiger partial charge in [-0.15, -0.1) is 0 Å². The van der Waals surface area contributed by atoms with Crippen LogP contribution < -0.4 is 9.47 Å². The van der Waals surface area contributed by atoms with E-state index >= 15 is 0 Å². The zero-order chi connectivity index (χ0) is 14.5. The summed E-state index contributed by atoms with van der Waals surface area (Å²) in [4.78, 5) is 0. The van der Waals surface area contributed by atoms with Crippen LogP contribution in [0.5, 0.6) is 11.5 Å². The molecule has 1 aromatic rings. The Morgan fingerprint density at radius 1 is 1.20 bits per heavy atom. The van der Waals surface area contributed by atoms with Gasteiger partial charge in [0.1, 0.15) is 0 Å². The topological polar surface area (TPSA) is 59.1 Å². The molecule has 3 rings (SSSR count). The molecular formula is C13H18N2O4S.